The van der Waals surface area contributed by atoms with Gasteiger partial charge in [0.25, 0.3) is 0 Å². The highest BCUT2D eigenvalue weighted by Gasteiger charge is 2.38. The number of carbonyl (C=O) groups excluding carboxylic acids is 1. The Morgan fingerprint density at radius 3 is 2.55 bits per heavy atom. The van der Waals surface area contributed by atoms with Crippen LogP contribution in [0.4, 0.5) is 4.39 Å². The van der Waals surface area contributed by atoms with Gasteiger partial charge >= 0.3 is 11.8 Å². The maximum absolute atomic E-state index is 13.1. The third-order valence-electron chi connectivity index (χ3n) is 1.22. The molecule has 0 spiro atoms. The van der Waals surface area contributed by atoms with Crippen molar-refractivity contribution in [2.45, 2.75) is 12.3 Å². The Morgan fingerprint density at radius 2 is 2.27 bits per heavy atom. The van der Waals surface area contributed by atoms with E-state index in [-0.39, 0.29) is 6.42 Å². The molecule has 1 unspecified atom stereocenters. The minimum absolute atomic E-state index is 0.212. The lowest BCUT2D eigenvalue weighted by atomic mass is 10.2. The van der Waals surface area contributed by atoms with E-state index in [1.165, 1.54) is 6.08 Å². The van der Waals surface area contributed by atoms with Gasteiger partial charge in [-0.25, -0.2) is 4.79 Å². The first kappa shape index (κ1) is 10.1. The molecule has 3 nitrogen and oxygen atoms in total. The fourth-order valence-electron chi connectivity index (χ4n) is 0.588. The monoisotopic (exact) mass is 162 g/mol. The maximum atomic E-state index is 13.1. The zero-order valence-corrected chi connectivity index (χ0v) is 6.59. The zero-order chi connectivity index (χ0) is 8.91. The number of halogens is 1. The predicted octanol–water partition coefficient (Wildman–Crippen LogP) is 1.05. The van der Waals surface area contributed by atoms with E-state index in [1.807, 2.05) is 0 Å². The van der Waals surface area contributed by atoms with Gasteiger partial charge in [0.05, 0.1) is 7.11 Å². The number of esters is 1. The van der Waals surface area contributed by atoms with Gasteiger partial charge in [-0.3, -0.25) is 0 Å². The SMILES string of the molecule is C=CCC(F)(OC)C(=O)OC. The molecule has 0 heterocycles. The van der Waals surface area contributed by atoms with Gasteiger partial charge in [-0.2, -0.15) is 4.39 Å². The average molecular weight is 162 g/mol. The number of alkyl halides is 1. The van der Waals surface area contributed by atoms with E-state index in [2.05, 4.69) is 16.1 Å². The average Bonchev–Trinajstić information content (AvgIpc) is 2.03. The summed E-state index contributed by atoms with van der Waals surface area (Å²) in [5, 5.41) is 0. The molecule has 0 aliphatic rings. The molecule has 0 aromatic heterocycles. The lowest BCUT2D eigenvalue weighted by molar-refractivity contribution is -0.190. The molecule has 0 N–H and O–H groups in total. The Morgan fingerprint density at radius 1 is 1.73 bits per heavy atom. The van der Waals surface area contributed by atoms with E-state index in [1.54, 1.807) is 0 Å². The number of hydrogen-bond donors (Lipinski definition) is 0. The molecule has 0 aliphatic carbocycles. The molecule has 0 fully saturated rings. The van der Waals surface area contributed by atoms with Crippen LogP contribution in [0, 0.1) is 0 Å². The topological polar surface area (TPSA) is 35.5 Å². The van der Waals surface area contributed by atoms with E-state index in [9.17, 15) is 9.18 Å². The molecular weight excluding hydrogens is 151 g/mol. The first-order valence-corrected chi connectivity index (χ1v) is 3.04. The van der Waals surface area contributed by atoms with Gasteiger partial charge in [0.2, 0.25) is 0 Å². The normalized spacial score (nSPS) is 15.2. The maximum Gasteiger partial charge on any atom is 0.372 e. The summed E-state index contributed by atoms with van der Waals surface area (Å²) in [4.78, 5) is 10.7. The van der Waals surface area contributed by atoms with Gasteiger partial charge in [0.1, 0.15) is 0 Å². The van der Waals surface area contributed by atoms with Crippen molar-refractivity contribution >= 4 is 5.97 Å². The number of hydrogen-bond acceptors (Lipinski definition) is 3. The van der Waals surface area contributed by atoms with Crippen LogP contribution >= 0.6 is 0 Å². The van der Waals surface area contributed by atoms with Gasteiger partial charge in [0, 0.05) is 13.5 Å². The second-order valence-electron chi connectivity index (χ2n) is 1.92. The van der Waals surface area contributed by atoms with Crippen LogP contribution < -0.4 is 0 Å². The summed E-state index contributed by atoms with van der Waals surface area (Å²) in [6.07, 6.45) is 1.04. The number of rotatable bonds is 4. The lowest BCUT2D eigenvalue weighted by Crippen LogP contribution is -2.36. The van der Waals surface area contributed by atoms with Crippen molar-refractivity contribution in [3.8, 4) is 0 Å². The summed E-state index contributed by atoms with van der Waals surface area (Å²) in [5.41, 5.74) is 0. The van der Waals surface area contributed by atoms with Gasteiger partial charge < -0.3 is 9.47 Å². The quantitative estimate of drug-likeness (QED) is 0.457. The Labute approximate surface area is 64.8 Å². The van der Waals surface area contributed by atoms with E-state index in [0.29, 0.717) is 0 Å². The minimum atomic E-state index is -2.38. The van der Waals surface area contributed by atoms with E-state index in [0.717, 1.165) is 14.2 Å². The molecule has 0 bridgehead atoms. The van der Waals surface area contributed by atoms with Gasteiger partial charge in [-0.05, 0) is 0 Å². The highest BCUT2D eigenvalue weighted by atomic mass is 19.2. The fraction of sp³-hybridized carbons (Fsp3) is 0.571. The summed E-state index contributed by atoms with van der Waals surface area (Å²) >= 11 is 0. The van der Waals surface area contributed by atoms with Gasteiger partial charge in [-0.15, -0.1) is 6.58 Å². The van der Waals surface area contributed by atoms with Crippen LogP contribution in [0.3, 0.4) is 0 Å². The highest BCUT2D eigenvalue weighted by molar-refractivity contribution is 5.77. The van der Waals surface area contributed by atoms with Crippen molar-refractivity contribution in [3.63, 3.8) is 0 Å². The third-order valence-corrected chi connectivity index (χ3v) is 1.22. The van der Waals surface area contributed by atoms with Crippen molar-refractivity contribution in [2.24, 2.45) is 0 Å². The molecule has 0 aliphatic heterocycles. The van der Waals surface area contributed by atoms with Crippen molar-refractivity contribution in [3.05, 3.63) is 12.7 Å². The molecule has 0 rings (SSSR count). The third kappa shape index (κ3) is 2.31. The molecule has 1 atom stereocenters. The molecule has 0 saturated carbocycles. The van der Waals surface area contributed by atoms with Crippen molar-refractivity contribution in [1.29, 1.82) is 0 Å². The van der Waals surface area contributed by atoms with Crippen molar-refractivity contribution in [2.75, 3.05) is 14.2 Å². The molecule has 0 saturated heterocycles. The summed E-state index contributed by atoms with van der Waals surface area (Å²) in [5.74, 6) is -3.42. The van der Waals surface area contributed by atoms with Gasteiger partial charge in [0.15, 0.2) is 0 Å². The summed E-state index contributed by atoms with van der Waals surface area (Å²) in [7, 11) is 2.19. The van der Waals surface area contributed by atoms with Gasteiger partial charge in [-0.1, -0.05) is 6.08 Å². The molecule has 0 aromatic rings. The molecule has 4 heteroatoms. The van der Waals surface area contributed by atoms with Crippen LogP contribution in [0.15, 0.2) is 12.7 Å². The first-order chi connectivity index (χ1) is 5.10. The number of ether oxygens (including phenoxy) is 2. The van der Waals surface area contributed by atoms with Crippen LogP contribution in [0.25, 0.3) is 0 Å². The second-order valence-corrected chi connectivity index (χ2v) is 1.92. The van der Waals surface area contributed by atoms with Crippen molar-refractivity contribution < 1.29 is 18.7 Å². The Hall–Kier alpha value is -0.900. The Balaban J connectivity index is 4.31. The van der Waals surface area contributed by atoms with E-state index >= 15 is 0 Å². The summed E-state index contributed by atoms with van der Waals surface area (Å²) < 4.78 is 21.6. The minimum Gasteiger partial charge on any atom is -0.465 e. The highest BCUT2D eigenvalue weighted by Crippen LogP contribution is 2.18. The number of methoxy groups -OCH3 is 2. The summed E-state index contributed by atoms with van der Waals surface area (Å²) in [6.45, 7) is 3.28. The molecule has 0 aromatic carbocycles. The molecule has 64 valence electrons. The second kappa shape index (κ2) is 4.08. The largest absolute Gasteiger partial charge is 0.465 e. The van der Waals surface area contributed by atoms with Crippen LogP contribution in [0.5, 0.6) is 0 Å². The Kier molecular flexibility index (Phi) is 3.74. The standard InChI is InChI=1S/C7H11FO3/c1-4-5-7(8,11-3)6(9)10-2/h4H,1,5H2,2-3H3. The number of carbonyl (C=O) groups is 1. The van der Waals surface area contributed by atoms with E-state index in [4.69, 9.17) is 0 Å². The van der Waals surface area contributed by atoms with Crippen molar-refractivity contribution in [1.82, 2.24) is 0 Å². The van der Waals surface area contributed by atoms with Crippen LogP contribution in [-0.2, 0) is 14.3 Å². The summed E-state index contributed by atoms with van der Waals surface area (Å²) in [6, 6.07) is 0. The predicted molar refractivity (Wildman–Crippen MR) is 37.7 cm³/mol. The fourth-order valence-corrected chi connectivity index (χ4v) is 0.588. The first-order valence-electron chi connectivity index (χ1n) is 3.04. The lowest BCUT2D eigenvalue weighted by Gasteiger charge is -2.18. The van der Waals surface area contributed by atoms with Crippen LogP contribution in [0.2, 0.25) is 0 Å². The molecule has 11 heavy (non-hydrogen) atoms. The zero-order valence-electron chi connectivity index (χ0n) is 6.59. The molecular formula is C7H11FO3. The van der Waals surface area contributed by atoms with Crippen LogP contribution in [0.1, 0.15) is 6.42 Å². The Bertz CT molecular complexity index is 158. The van der Waals surface area contributed by atoms with E-state index < -0.39 is 11.8 Å². The molecule has 0 amide bonds. The van der Waals surface area contributed by atoms with Crippen LogP contribution in [-0.4, -0.2) is 26.0 Å². The smallest absolute Gasteiger partial charge is 0.372 e. The molecule has 0 radical (unpaired) electrons.